The molecular formula is C28H24ClN3O3S. The average Bonchev–Trinajstić information content (AvgIpc) is 3.46. The second-order valence-corrected chi connectivity index (χ2v) is 10.2. The highest BCUT2D eigenvalue weighted by Gasteiger charge is 2.35. The van der Waals surface area contributed by atoms with Crippen molar-refractivity contribution in [3.63, 3.8) is 0 Å². The number of carbonyl (C=O) groups excluding carboxylic acids is 2. The quantitative estimate of drug-likeness (QED) is 0.310. The summed E-state index contributed by atoms with van der Waals surface area (Å²) in [5.41, 5.74) is 3.57. The minimum absolute atomic E-state index is 0.0944. The molecule has 6 nitrogen and oxygen atoms in total. The van der Waals surface area contributed by atoms with Crippen molar-refractivity contribution in [3.8, 4) is 17.0 Å². The van der Waals surface area contributed by atoms with Gasteiger partial charge in [-0.05, 0) is 55.0 Å². The number of nitrogens with zero attached hydrogens (tertiary/aromatic N) is 2. The second-order valence-electron chi connectivity index (χ2n) is 8.60. The number of anilines is 2. The average molecular weight is 518 g/mol. The SMILES string of the molecule is Cc1sc(NC(=O)[C@H]2CC(=O)N(c3cccc(Cl)c3)C2)nc1-c1ccc(OCc2ccccc2)cc1. The molecule has 8 heteroatoms. The number of thiazole rings is 1. The maximum Gasteiger partial charge on any atom is 0.231 e. The molecule has 4 aromatic rings. The fraction of sp³-hybridized carbons (Fsp3) is 0.179. The van der Waals surface area contributed by atoms with Gasteiger partial charge >= 0.3 is 0 Å². The van der Waals surface area contributed by atoms with Crippen LogP contribution in [0.4, 0.5) is 10.8 Å². The largest absolute Gasteiger partial charge is 0.489 e. The highest BCUT2D eigenvalue weighted by Crippen LogP contribution is 2.33. The lowest BCUT2D eigenvalue weighted by atomic mass is 10.1. The summed E-state index contributed by atoms with van der Waals surface area (Å²) in [6.07, 6.45) is 0.153. The van der Waals surface area contributed by atoms with Gasteiger partial charge in [-0.2, -0.15) is 0 Å². The summed E-state index contributed by atoms with van der Waals surface area (Å²) in [5, 5.41) is 3.98. The first kappa shape index (κ1) is 24.0. The summed E-state index contributed by atoms with van der Waals surface area (Å²) >= 11 is 7.48. The molecule has 1 fully saturated rings. The molecule has 1 saturated heterocycles. The molecule has 0 radical (unpaired) electrons. The number of ether oxygens (including phenoxy) is 1. The predicted octanol–water partition coefficient (Wildman–Crippen LogP) is 6.34. The molecule has 1 atom stereocenters. The van der Waals surface area contributed by atoms with E-state index in [4.69, 9.17) is 16.3 Å². The van der Waals surface area contributed by atoms with Crippen molar-refractivity contribution < 1.29 is 14.3 Å². The summed E-state index contributed by atoms with van der Waals surface area (Å²) in [6.45, 7) is 2.79. The van der Waals surface area contributed by atoms with Gasteiger partial charge in [-0.3, -0.25) is 9.59 Å². The van der Waals surface area contributed by atoms with Gasteiger partial charge in [0.15, 0.2) is 5.13 Å². The van der Waals surface area contributed by atoms with Gasteiger partial charge in [0, 0.05) is 34.1 Å². The fourth-order valence-corrected chi connectivity index (χ4v) is 5.18. The third-order valence-corrected chi connectivity index (χ3v) is 7.14. The number of amides is 2. The Morgan fingerprint density at radius 1 is 1.11 bits per heavy atom. The van der Waals surface area contributed by atoms with E-state index in [1.54, 1.807) is 23.1 Å². The van der Waals surface area contributed by atoms with E-state index < -0.39 is 5.92 Å². The van der Waals surface area contributed by atoms with Crippen LogP contribution in [0.3, 0.4) is 0 Å². The maximum absolute atomic E-state index is 12.9. The third-order valence-electron chi connectivity index (χ3n) is 6.02. The van der Waals surface area contributed by atoms with E-state index in [2.05, 4.69) is 10.3 Å². The van der Waals surface area contributed by atoms with Gasteiger partial charge < -0.3 is 15.0 Å². The highest BCUT2D eigenvalue weighted by molar-refractivity contribution is 7.16. The smallest absolute Gasteiger partial charge is 0.231 e. The first-order valence-corrected chi connectivity index (χ1v) is 12.8. The van der Waals surface area contributed by atoms with Gasteiger partial charge in [0.1, 0.15) is 12.4 Å². The number of benzene rings is 3. The Bertz CT molecular complexity index is 1390. The molecule has 1 aliphatic rings. The molecule has 0 unspecified atom stereocenters. The Labute approximate surface area is 218 Å². The van der Waals surface area contributed by atoms with Crippen molar-refractivity contribution in [1.29, 1.82) is 0 Å². The zero-order chi connectivity index (χ0) is 25.1. The molecule has 0 aliphatic carbocycles. The molecule has 182 valence electrons. The number of aryl methyl sites for hydroxylation is 1. The van der Waals surface area contributed by atoms with Gasteiger partial charge in [0.25, 0.3) is 0 Å². The molecule has 2 heterocycles. The molecule has 1 N–H and O–H groups in total. The van der Waals surface area contributed by atoms with Crippen LogP contribution in [0.2, 0.25) is 5.02 Å². The van der Waals surface area contributed by atoms with Crippen molar-refractivity contribution in [2.75, 3.05) is 16.8 Å². The normalized spacial score (nSPS) is 15.2. The summed E-state index contributed by atoms with van der Waals surface area (Å²) in [6, 6.07) is 24.9. The molecule has 3 aromatic carbocycles. The number of rotatable bonds is 7. The first-order valence-electron chi connectivity index (χ1n) is 11.6. The van der Waals surface area contributed by atoms with Crippen LogP contribution in [0.1, 0.15) is 16.9 Å². The molecule has 0 saturated carbocycles. The van der Waals surface area contributed by atoms with E-state index in [9.17, 15) is 9.59 Å². The van der Waals surface area contributed by atoms with E-state index in [-0.39, 0.29) is 18.2 Å². The monoisotopic (exact) mass is 517 g/mol. The van der Waals surface area contributed by atoms with Crippen LogP contribution < -0.4 is 15.0 Å². The van der Waals surface area contributed by atoms with Crippen LogP contribution in [-0.4, -0.2) is 23.3 Å². The standard InChI is InChI=1S/C28H24ClN3O3S/c1-18-26(20-10-12-24(13-11-20)35-17-19-6-3-2-4-7-19)30-28(36-18)31-27(34)21-14-25(33)32(16-21)23-9-5-8-22(29)15-23/h2-13,15,21H,14,16-17H2,1H3,(H,30,31,34)/t21-/m0/s1. The lowest BCUT2D eigenvalue weighted by molar-refractivity contribution is -0.122. The van der Waals surface area contributed by atoms with Gasteiger partial charge in [0.05, 0.1) is 11.6 Å². The number of hydrogen-bond acceptors (Lipinski definition) is 5. The molecule has 1 aromatic heterocycles. The Hall–Kier alpha value is -3.68. The van der Waals surface area contributed by atoms with Crippen LogP contribution in [-0.2, 0) is 16.2 Å². The molecule has 0 spiro atoms. The minimum atomic E-state index is -0.454. The Morgan fingerprint density at radius 3 is 2.64 bits per heavy atom. The summed E-state index contributed by atoms with van der Waals surface area (Å²) in [5.74, 6) is 0.0187. The van der Waals surface area contributed by atoms with E-state index in [1.807, 2.05) is 67.6 Å². The zero-order valence-electron chi connectivity index (χ0n) is 19.6. The van der Waals surface area contributed by atoms with Crippen molar-refractivity contribution >= 4 is 45.6 Å². The number of aromatic nitrogens is 1. The Kier molecular flexibility index (Phi) is 7.02. The van der Waals surface area contributed by atoms with Crippen molar-refractivity contribution in [1.82, 2.24) is 4.98 Å². The lowest BCUT2D eigenvalue weighted by Crippen LogP contribution is -2.28. The van der Waals surface area contributed by atoms with Crippen LogP contribution in [0.15, 0.2) is 78.9 Å². The predicted molar refractivity (Wildman–Crippen MR) is 144 cm³/mol. The van der Waals surface area contributed by atoms with E-state index in [0.717, 1.165) is 27.4 Å². The van der Waals surface area contributed by atoms with Crippen LogP contribution in [0, 0.1) is 12.8 Å². The first-order chi connectivity index (χ1) is 17.5. The van der Waals surface area contributed by atoms with Crippen LogP contribution in [0.5, 0.6) is 5.75 Å². The van der Waals surface area contributed by atoms with E-state index >= 15 is 0 Å². The van der Waals surface area contributed by atoms with Gasteiger partial charge in [-0.25, -0.2) is 4.98 Å². The Balaban J connectivity index is 1.22. The number of carbonyl (C=O) groups is 2. The summed E-state index contributed by atoms with van der Waals surface area (Å²) in [7, 11) is 0. The lowest BCUT2D eigenvalue weighted by Gasteiger charge is -2.16. The Morgan fingerprint density at radius 2 is 1.89 bits per heavy atom. The maximum atomic E-state index is 12.9. The topological polar surface area (TPSA) is 71.5 Å². The molecule has 1 aliphatic heterocycles. The van der Waals surface area contributed by atoms with E-state index in [1.165, 1.54) is 11.3 Å². The number of hydrogen-bond donors (Lipinski definition) is 1. The van der Waals surface area contributed by atoms with Gasteiger partial charge in [0.2, 0.25) is 11.8 Å². The molecule has 36 heavy (non-hydrogen) atoms. The van der Waals surface area contributed by atoms with Gasteiger partial charge in [-0.1, -0.05) is 48.0 Å². The molecule has 5 rings (SSSR count). The molecule has 0 bridgehead atoms. The molecular weight excluding hydrogens is 494 g/mol. The fourth-order valence-electron chi connectivity index (χ4n) is 4.15. The van der Waals surface area contributed by atoms with Crippen LogP contribution in [0.25, 0.3) is 11.3 Å². The second kappa shape index (κ2) is 10.5. The van der Waals surface area contributed by atoms with Crippen LogP contribution >= 0.6 is 22.9 Å². The summed E-state index contributed by atoms with van der Waals surface area (Å²) in [4.78, 5) is 32.7. The van der Waals surface area contributed by atoms with Gasteiger partial charge in [-0.15, -0.1) is 11.3 Å². The molecule has 2 amide bonds. The summed E-state index contributed by atoms with van der Waals surface area (Å²) < 4.78 is 5.87. The van der Waals surface area contributed by atoms with Crippen molar-refractivity contribution in [2.24, 2.45) is 5.92 Å². The van der Waals surface area contributed by atoms with E-state index in [0.29, 0.717) is 29.0 Å². The van der Waals surface area contributed by atoms with Crippen molar-refractivity contribution in [3.05, 3.63) is 94.3 Å². The van der Waals surface area contributed by atoms with Crippen molar-refractivity contribution in [2.45, 2.75) is 20.0 Å². The third kappa shape index (κ3) is 5.42. The number of nitrogens with one attached hydrogen (secondary N) is 1. The number of halogens is 1. The zero-order valence-corrected chi connectivity index (χ0v) is 21.2. The highest BCUT2D eigenvalue weighted by atomic mass is 35.5. The minimum Gasteiger partial charge on any atom is -0.489 e.